The lowest BCUT2D eigenvalue weighted by Gasteiger charge is -2.54. The van der Waals surface area contributed by atoms with Gasteiger partial charge in [-0.3, -0.25) is 4.90 Å². The van der Waals surface area contributed by atoms with Crippen molar-refractivity contribution in [1.29, 1.82) is 0 Å². The maximum Gasteiger partial charge on any atom is 0.330 e. The van der Waals surface area contributed by atoms with Crippen LogP contribution in [-0.4, -0.2) is 34.6 Å². The minimum absolute atomic E-state index is 0.00874. The van der Waals surface area contributed by atoms with E-state index in [0.29, 0.717) is 0 Å². The van der Waals surface area contributed by atoms with Crippen LogP contribution in [0.4, 0.5) is 0 Å². The molecule has 0 amide bonds. The van der Waals surface area contributed by atoms with Crippen LogP contribution in [0.15, 0.2) is 24.3 Å². The molecule has 0 aromatic heterocycles. The number of hydrogen-bond donors (Lipinski definition) is 0. The summed E-state index contributed by atoms with van der Waals surface area (Å²) in [5, 5.41) is 0. The average molecular weight is 279 g/mol. The molecule has 3 nitrogen and oxygen atoms in total. The van der Waals surface area contributed by atoms with E-state index in [9.17, 15) is 4.79 Å². The van der Waals surface area contributed by atoms with E-state index in [1.165, 1.54) is 6.08 Å². The van der Waals surface area contributed by atoms with E-state index in [1.54, 1.807) is 6.08 Å². The Kier molecular flexibility index (Phi) is 5.58. The highest BCUT2D eigenvalue weighted by atomic mass is 16.5. The van der Waals surface area contributed by atoms with Gasteiger partial charge in [-0.05, 0) is 41.5 Å². The van der Waals surface area contributed by atoms with E-state index in [0.717, 1.165) is 19.4 Å². The van der Waals surface area contributed by atoms with E-state index < -0.39 is 0 Å². The van der Waals surface area contributed by atoms with Crippen molar-refractivity contribution in [3.8, 4) is 0 Å². The van der Waals surface area contributed by atoms with E-state index in [-0.39, 0.29) is 23.2 Å². The fraction of sp³-hybridized carbons (Fsp3) is 0.706. The van der Waals surface area contributed by atoms with Gasteiger partial charge < -0.3 is 4.74 Å². The Labute approximate surface area is 123 Å². The Morgan fingerprint density at radius 3 is 2.15 bits per heavy atom. The van der Waals surface area contributed by atoms with Gasteiger partial charge in [0.2, 0.25) is 0 Å². The molecular weight excluding hydrogens is 250 g/mol. The van der Waals surface area contributed by atoms with Gasteiger partial charge in [-0.1, -0.05) is 18.2 Å². The van der Waals surface area contributed by atoms with Crippen LogP contribution in [0.5, 0.6) is 0 Å². The number of allylic oxidation sites excluding steroid dienone is 2. The summed E-state index contributed by atoms with van der Waals surface area (Å²) in [7, 11) is 0. The molecule has 114 valence electrons. The third-order valence-corrected chi connectivity index (χ3v) is 4.03. The van der Waals surface area contributed by atoms with Gasteiger partial charge in [-0.2, -0.15) is 0 Å². The summed E-state index contributed by atoms with van der Waals surface area (Å²) in [6.45, 7) is 13.7. The highest BCUT2D eigenvalue weighted by Gasteiger charge is 2.45. The second kappa shape index (κ2) is 6.57. The van der Waals surface area contributed by atoms with E-state index in [1.807, 2.05) is 13.8 Å². The lowest BCUT2D eigenvalue weighted by Crippen LogP contribution is -2.62. The van der Waals surface area contributed by atoms with Crippen LogP contribution in [-0.2, 0) is 9.53 Å². The molecule has 0 atom stereocenters. The van der Waals surface area contributed by atoms with E-state index in [2.05, 4.69) is 44.7 Å². The average Bonchev–Trinajstić information content (AvgIpc) is 2.25. The standard InChI is InChI=1S/C17H29NO2/c1-7-9-11-18-16(3,4)12-14(13-17(18,5)6)20-15(19)10-8-2/h7-10,14H,11-13H2,1-6H3/b9-7+,10-8+. The molecule has 0 radical (unpaired) electrons. The van der Waals surface area contributed by atoms with Gasteiger partial charge in [0, 0.05) is 36.5 Å². The number of carbonyl (C=O) groups excluding carboxylic acids is 1. The molecule has 1 fully saturated rings. The molecule has 0 aliphatic carbocycles. The molecule has 1 rings (SSSR count). The molecule has 0 aromatic rings. The monoisotopic (exact) mass is 279 g/mol. The fourth-order valence-electron chi connectivity index (χ4n) is 3.35. The molecule has 0 bridgehead atoms. The summed E-state index contributed by atoms with van der Waals surface area (Å²) < 4.78 is 5.59. The van der Waals surface area contributed by atoms with Crippen LogP contribution in [0.1, 0.15) is 54.4 Å². The van der Waals surface area contributed by atoms with Crippen LogP contribution >= 0.6 is 0 Å². The van der Waals surface area contributed by atoms with Crippen LogP contribution in [0.2, 0.25) is 0 Å². The van der Waals surface area contributed by atoms with Crippen LogP contribution in [0.25, 0.3) is 0 Å². The first-order valence-corrected chi connectivity index (χ1v) is 7.45. The Balaban J connectivity index is 2.83. The Hall–Kier alpha value is -1.09. The highest BCUT2D eigenvalue weighted by molar-refractivity contribution is 5.81. The Morgan fingerprint density at radius 1 is 1.15 bits per heavy atom. The smallest absolute Gasteiger partial charge is 0.330 e. The van der Waals surface area contributed by atoms with Gasteiger partial charge in [0.1, 0.15) is 6.10 Å². The first kappa shape index (κ1) is 17.0. The maximum absolute atomic E-state index is 11.7. The number of piperidine rings is 1. The van der Waals surface area contributed by atoms with Gasteiger partial charge in [0.05, 0.1) is 0 Å². The summed E-state index contributed by atoms with van der Waals surface area (Å²) >= 11 is 0. The first-order valence-electron chi connectivity index (χ1n) is 7.45. The zero-order valence-corrected chi connectivity index (χ0v) is 13.8. The number of esters is 1. The number of likely N-dealkylation sites (tertiary alicyclic amines) is 1. The molecule has 1 aliphatic rings. The van der Waals surface area contributed by atoms with Crippen molar-refractivity contribution in [1.82, 2.24) is 4.90 Å². The molecule has 0 N–H and O–H groups in total. The zero-order chi connectivity index (χ0) is 15.4. The van der Waals surface area contributed by atoms with Crippen LogP contribution in [0.3, 0.4) is 0 Å². The third kappa shape index (κ3) is 4.20. The zero-order valence-electron chi connectivity index (χ0n) is 13.8. The largest absolute Gasteiger partial charge is 0.459 e. The molecule has 1 aliphatic heterocycles. The van der Waals surface area contributed by atoms with Crippen LogP contribution < -0.4 is 0 Å². The van der Waals surface area contributed by atoms with Gasteiger partial charge in [-0.25, -0.2) is 4.79 Å². The molecule has 0 unspecified atom stereocenters. The predicted octanol–water partition coefficient (Wildman–Crippen LogP) is 3.70. The lowest BCUT2D eigenvalue weighted by molar-refractivity contribution is -0.153. The predicted molar refractivity (Wildman–Crippen MR) is 83.6 cm³/mol. The first-order chi connectivity index (χ1) is 9.23. The van der Waals surface area contributed by atoms with Gasteiger partial charge in [0.15, 0.2) is 0 Å². The molecule has 1 heterocycles. The summed E-state index contributed by atoms with van der Waals surface area (Å²) in [5.74, 6) is -0.231. The lowest BCUT2D eigenvalue weighted by atomic mass is 9.78. The molecule has 0 saturated carbocycles. The molecule has 0 aromatic carbocycles. The Bertz CT molecular complexity index is 376. The molecule has 0 spiro atoms. The van der Waals surface area contributed by atoms with E-state index in [4.69, 9.17) is 4.74 Å². The van der Waals surface area contributed by atoms with Crippen molar-refractivity contribution in [3.63, 3.8) is 0 Å². The molecule has 1 saturated heterocycles. The number of hydrogen-bond acceptors (Lipinski definition) is 3. The minimum Gasteiger partial charge on any atom is -0.459 e. The Morgan fingerprint density at radius 2 is 1.70 bits per heavy atom. The summed E-state index contributed by atoms with van der Waals surface area (Å²) in [5.41, 5.74) is 0.0320. The van der Waals surface area contributed by atoms with Gasteiger partial charge in [0.25, 0.3) is 0 Å². The van der Waals surface area contributed by atoms with Crippen molar-refractivity contribution in [2.45, 2.75) is 71.6 Å². The van der Waals surface area contributed by atoms with Gasteiger partial charge in [-0.15, -0.1) is 0 Å². The van der Waals surface area contributed by atoms with Crippen molar-refractivity contribution < 1.29 is 9.53 Å². The SMILES string of the molecule is C/C=C/CN1C(C)(C)CC(OC(=O)/C=C/C)CC1(C)C. The number of nitrogens with zero attached hydrogens (tertiary/aromatic N) is 1. The third-order valence-electron chi connectivity index (χ3n) is 4.03. The summed E-state index contributed by atoms with van der Waals surface area (Å²) in [6.07, 6.45) is 9.23. The van der Waals surface area contributed by atoms with Crippen molar-refractivity contribution >= 4 is 5.97 Å². The fourth-order valence-corrected chi connectivity index (χ4v) is 3.35. The maximum atomic E-state index is 11.7. The van der Waals surface area contributed by atoms with Crippen molar-refractivity contribution in [2.24, 2.45) is 0 Å². The molecule has 3 heteroatoms. The molecular formula is C17H29NO2. The van der Waals surface area contributed by atoms with Crippen LogP contribution in [0, 0.1) is 0 Å². The summed E-state index contributed by atoms with van der Waals surface area (Å²) in [6, 6.07) is 0. The normalized spacial score (nSPS) is 23.5. The van der Waals surface area contributed by atoms with E-state index >= 15 is 0 Å². The second-order valence-electron chi connectivity index (χ2n) is 6.77. The van der Waals surface area contributed by atoms with Crippen molar-refractivity contribution in [2.75, 3.05) is 6.54 Å². The number of carbonyl (C=O) groups is 1. The molecule has 20 heavy (non-hydrogen) atoms. The second-order valence-corrected chi connectivity index (χ2v) is 6.77. The number of rotatable bonds is 4. The topological polar surface area (TPSA) is 29.5 Å². The number of ether oxygens (including phenoxy) is 1. The summed E-state index contributed by atoms with van der Waals surface area (Å²) in [4.78, 5) is 14.2. The van der Waals surface area contributed by atoms with Crippen molar-refractivity contribution in [3.05, 3.63) is 24.3 Å². The minimum atomic E-state index is -0.231. The quantitative estimate of drug-likeness (QED) is 0.446. The highest BCUT2D eigenvalue weighted by Crippen LogP contribution is 2.39. The van der Waals surface area contributed by atoms with Gasteiger partial charge >= 0.3 is 5.97 Å².